The Balaban J connectivity index is 1.68. The third-order valence-corrected chi connectivity index (χ3v) is 5.43. The number of rotatable bonds is 4. The van der Waals surface area contributed by atoms with E-state index in [9.17, 15) is 14.9 Å². The number of ether oxygens (including phenoxy) is 1. The molecule has 1 N–H and O–H groups in total. The van der Waals surface area contributed by atoms with Crippen LogP contribution in [0.3, 0.4) is 0 Å². The van der Waals surface area contributed by atoms with E-state index in [4.69, 9.17) is 4.74 Å². The molecule has 7 nitrogen and oxygen atoms in total. The molecule has 1 aliphatic carbocycles. The fraction of sp³-hybridized carbons (Fsp3) is 0.381. The summed E-state index contributed by atoms with van der Waals surface area (Å²) in [6.45, 7) is 2.45. The first-order valence-corrected chi connectivity index (χ1v) is 9.67. The molecule has 2 aromatic rings. The highest BCUT2D eigenvalue weighted by Crippen LogP contribution is 2.30. The minimum atomic E-state index is -0.468. The number of carbonyl (C=O) groups excluding carboxylic acids is 1. The first-order chi connectivity index (χ1) is 13.6. The number of hydrogen-bond donors (Lipinski definition) is 1. The van der Waals surface area contributed by atoms with Crippen LogP contribution in [0.4, 0.5) is 17.1 Å². The molecule has 1 amide bonds. The van der Waals surface area contributed by atoms with E-state index >= 15 is 0 Å². The van der Waals surface area contributed by atoms with Crippen LogP contribution in [0.1, 0.15) is 34.3 Å². The van der Waals surface area contributed by atoms with E-state index in [1.54, 1.807) is 6.07 Å². The van der Waals surface area contributed by atoms with Crippen LogP contribution >= 0.6 is 0 Å². The first kappa shape index (κ1) is 18.4. The normalized spacial score (nSPS) is 16.4. The molecule has 1 fully saturated rings. The molecule has 1 heterocycles. The van der Waals surface area contributed by atoms with Crippen molar-refractivity contribution >= 4 is 23.0 Å². The Labute approximate surface area is 163 Å². The molecule has 0 unspecified atom stereocenters. The molecule has 0 saturated carbocycles. The van der Waals surface area contributed by atoms with Crippen molar-refractivity contribution in [2.45, 2.75) is 25.7 Å². The molecule has 146 valence electrons. The van der Waals surface area contributed by atoms with Crippen molar-refractivity contribution in [1.82, 2.24) is 0 Å². The third-order valence-electron chi connectivity index (χ3n) is 5.43. The van der Waals surface area contributed by atoms with Gasteiger partial charge in [0, 0.05) is 30.9 Å². The number of fused-ring (bicyclic) bond motifs is 1. The quantitative estimate of drug-likeness (QED) is 0.647. The van der Waals surface area contributed by atoms with Crippen LogP contribution < -0.4 is 10.2 Å². The maximum atomic E-state index is 13.1. The second-order valence-electron chi connectivity index (χ2n) is 7.16. The minimum Gasteiger partial charge on any atom is -0.378 e. The Morgan fingerprint density at radius 1 is 1.11 bits per heavy atom. The lowest BCUT2D eigenvalue weighted by atomic mass is 9.90. The maximum Gasteiger partial charge on any atom is 0.270 e. The predicted molar refractivity (Wildman–Crippen MR) is 107 cm³/mol. The zero-order chi connectivity index (χ0) is 19.5. The van der Waals surface area contributed by atoms with Crippen molar-refractivity contribution in [3.05, 3.63) is 63.2 Å². The largest absolute Gasteiger partial charge is 0.378 e. The van der Waals surface area contributed by atoms with Gasteiger partial charge in [-0.05, 0) is 48.9 Å². The molecule has 4 rings (SSSR count). The Morgan fingerprint density at radius 3 is 2.68 bits per heavy atom. The number of nitro benzene ring substituents is 1. The zero-order valence-electron chi connectivity index (χ0n) is 15.6. The van der Waals surface area contributed by atoms with Crippen LogP contribution in [0.25, 0.3) is 0 Å². The maximum absolute atomic E-state index is 13.1. The van der Waals surface area contributed by atoms with E-state index in [1.807, 2.05) is 17.0 Å². The van der Waals surface area contributed by atoms with Gasteiger partial charge in [-0.1, -0.05) is 12.1 Å². The molecule has 1 aliphatic heterocycles. The fourth-order valence-electron chi connectivity index (χ4n) is 3.99. The summed E-state index contributed by atoms with van der Waals surface area (Å²) >= 11 is 0. The first-order valence-electron chi connectivity index (χ1n) is 9.67. The van der Waals surface area contributed by atoms with E-state index < -0.39 is 4.92 Å². The second kappa shape index (κ2) is 7.98. The van der Waals surface area contributed by atoms with Crippen molar-refractivity contribution in [2.75, 3.05) is 36.5 Å². The summed E-state index contributed by atoms with van der Waals surface area (Å²) in [5.74, 6) is -0.316. The lowest BCUT2D eigenvalue weighted by Gasteiger charge is -2.30. The van der Waals surface area contributed by atoms with Gasteiger partial charge in [0.05, 0.1) is 29.4 Å². The Kier molecular flexibility index (Phi) is 5.25. The molecule has 7 heteroatoms. The van der Waals surface area contributed by atoms with Gasteiger partial charge >= 0.3 is 0 Å². The van der Waals surface area contributed by atoms with Gasteiger partial charge in [0.15, 0.2) is 0 Å². The summed E-state index contributed by atoms with van der Waals surface area (Å²) in [5, 5.41) is 14.3. The number of anilines is 2. The number of non-ortho nitro benzene ring substituents is 1. The van der Waals surface area contributed by atoms with Gasteiger partial charge in [0.25, 0.3) is 11.6 Å². The Bertz CT molecular complexity index is 907. The van der Waals surface area contributed by atoms with Gasteiger partial charge in [-0.3, -0.25) is 14.9 Å². The van der Waals surface area contributed by atoms with E-state index in [2.05, 4.69) is 11.4 Å². The van der Waals surface area contributed by atoms with Gasteiger partial charge in [-0.15, -0.1) is 0 Å². The molecule has 28 heavy (non-hydrogen) atoms. The van der Waals surface area contributed by atoms with Crippen molar-refractivity contribution in [3.63, 3.8) is 0 Å². The van der Waals surface area contributed by atoms with Gasteiger partial charge in [-0.2, -0.15) is 0 Å². The van der Waals surface area contributed by atoms with Gasteiger partial charge in [-0.25, -0.2) is 0 Å². The molecule has 2 aromatic carbocycles. The molecular formula is C21H23N3O4. The molecule has 0 atom stereocenters. The minimum absolute atomic E-state index is 0.0859. The topological polar surface area (TPSA) is 84.7 Å². The number of amides is 1. The molecule has 0 radical (unpaired) electrons. The Hall–Kier alpha value is -2.93. The number of morpholine rings is 1. The fourth-order valence-corrected chi connectivity index (χ4v) is 3.99. The highest BCUT2D eigenvalue weighted by atomic mass is 16.6. The average molecular weight is 381 g/mol. The van der Waals surface area contributed by atoms with Crippen molar-refractivity contribution < 1.29 is 14.5 Å². The molecule has 0 aromatic heterocycles. The highest BCUT2D eigenvalue weighted by Gasteiger charge is 2.23. The van der Waals surface area contributed by atoms with Crippen molar-refractivity contribution in [2.24, 2.45) is 0 Å². The van der Waals surface area contributed by atoms with E-state index in [0.29, 0.717) is 37.6 Å². The average Bonchev–Trinajstić information content (AvgIpc) is 2.74. The number of carbonyl (C=O) groups is 1. The van der Waals surface area contributed by atoms with Crippen LogP contribution in [-0.4, -0.2) is 37.1 Å². The number of benzene rings is 2. The molecule has 0 spiro atoms. The standard InChI is InChI=1S/C21H23N3O4/c25-21(22-19-7-3-5-15-4-1-2-6-17(15)19)18-14-16(24(26)27)8-9-20(18)23-10-12-28-13-11-23/h3,5,7-9,14H,1-2,4,6,10-13H2,(H,22,25). The molecule has 1 saturated heterocycles. The van der Waals surface area contributed by atoms with Crippen LogP contribution in [0.2, 0.25) is 0 Å². The van der Waals surface area contributed by atoms with E-state index in [0.717, 1.165) is 31.4 Å². The third kappa shape index (κ3) is 3.71. The monoisotopic (exact) mass is 381 g/mol. The Morgan fingerprint density at radius 2 is 1.89 bits per heavy atom. The number of aryl methyl sites for hydroxylation is 1. The van der Waals surface area contributed by atoms with E-state index in [1.165, 1.54) is 23.3 Å². The number of nitrogens with zero attached hydrogens (tertiary/aromatic N) is 2. The molecular weight excluding hydrogens is 358 g/mol. The lowest BCUT2D eigenvalue weighted by molar-refractivity contribution is -0.384. The number of hydrogen-bond acceptors (Lipinski definition) is 5. The van der Waals surface area contributed by atoms with E-state index in [-0.39, 0.29) is 11.6 Å². The zero-order valence-corrected chi connectivity index (χ0v) is 15.6. The second-order valence-corrected chi connectivity index (χ2v) is 7.16. The smallest absolute Gasteiger partial charge is 0.270 e. The van der Waals surface area contributed by atoms with Crippen molar-refractivity contribution in [3.8, 4) is 0 Å². The van der Waals surface area contributed by atoms with Gasteiger partial charge in [0.1, 0.15) is 0 Å². The summed E-state index contributed by atoms with van der Waals surface area (Å²) in [4.78, 5) is 26.0. The summed E-state index contributed by atoms with van der Waals surface area (Å²) in [6, 6.07) is 10.5. The molecule has 0 bridgehead atoms. The molecule has 2 aliphatic rings. The lowest BCUT2D eigenvalue weighted by Crippen LogP contribution is -2.37. The predicted octanol–water partition coefficient (Wildman–Crippen LogP) is 3.56. The SMILES string of the molecule is O=C(Nc1cccc2c1CCCC2)c1cc([N+](=O)[O-])ccc1N1CCOCC1. The highest BCUT2D eigenvalue weighted by molar-refractivity contribution is 6.09. The van der Waals surface area contributed by atoms with Crippen molar-refractivity contribution in [1.29, 1.82) is 0 Å². The van der Waals surface area contributed by atoms with Crippen LogP contribution in [0.5, 0.6) is 0 Å². The summed E-state index contributed by atoms with van der Waals surface area (Å²) in [5.41, 5.74) is 4.21. The van der Waals surface area contributed by atoms with Gasteiger partial charge in [0.2, 0.25) is 0 Å². The van der Waals surface area contributed by atoms with Crippen LogP contribution in [-0.2, 0) is 17.6 Å². The van der Waals surface area contributed by atoms with Crippen LogP contribution in [0, 0.1) is 10.1 Å². The van der Waals surface area contributed by atoms with Gasteiger partial charge < -0.3 is 15.0 Å². The summed E-state index contributed by atoms with van der Waals surface area (Å²) in [7, 11) is 0. The summed E-state index contributed by atoms with van der Waals surface area (Å²) in [6.07, 6.45) is 4.23. The number of nitrogens with one attached hydrogen (secondary N) is 1. The van der Waals surface area contributed by atoms with Crippen LogP contribution in [0.15, 0.2) is 36.4 Å². The summed E-state index contributed by atoms with van der Waals surface area (Å²) < 4.78 is 5.39. The number of nitro groups is 1.